The number of aliphatic hydroxyl groups excluding tert-OH is 3. The van der Waals surface area contributed by atoms with Gasteiger partial charge in [0, 0.05) is 25.9 Å². The number of carbonyl (C=O) groups is 15. The third-order valence-electron chi connectivity index (χ3n) is 15.0. The van der Waals surface area contributed by atoms with Crippen molar-refractivity contribution in [1.82, 2.24) is 58.1 Å². The number of hydrogen-bond acceptors (Lipinski definition) is 22. The molecule has 0 radical (unpaired) electrons. The van der Waals surface area contributed by atoms with E-state index in [1.165, 1.54) is 49.9 Å². The third kappa shape index (κ3) is 28.8. The molecular weight excluding hydrogens is 1330 g/mol. The van der Waals surface area contributed by atoms with E-state index in [1.807, 2.05) is 21.3 Å². The van der Waals surface area contributed by atoms with Gasteiger partial charge in [-0.1, -0.05) is 42.5 Å². The monoisotopic (exact) mass is 1420 g/mol. The minimum atomic E-state index is -2.18. The number of aliphatic hydroxyl groups is 3. The SMILES string of the molecule is CSCC[C@H](NC(=O)[C@@H](NC(=O)[C@H](C)NC(=O)[C@@H](N)Cc1ccccc1)[C@@H](C)O)C(=O)N[C@@H](CCCN=C(N)N)C(=O)N[C@@H](Cc1ccc(O)cc1)C(=O)N1CCC[C@H]1C(=O)N[C@@H](CO)C(=O)N[C@@H](CC(=O)O)C(=O)N[C@@H](CO)C(=O)N[C@@H](CC(=O)O)C(=O)N[C@@H](CCC(=O)O)C(=O)O. The first-order valence-electron chi connectivity index (χ1n) is 30.9. The molecule has 1 fully saturated rings. The second-order valence-corrected chi connectivity index (χ2v) is 23.9. The third-order valence-corrected chi connectivity index (χ3v) is 15.7. The lowest BCUT2D eigenvalue weighted by atomic mass is 10.0. The molecule has 2 aromatic rings. The van der Waals surface area contributed by atoms with Gasteiger partial charge in [-0.2, -0.15) is 11.8 Å². The number of aliphatic imine (C=N–C) groups is 1. The van der Waals surface area contributed by atoms with Crippen molar-refractivity contribution < 1.29 is 113 Å². The molecule has 2 aromatic carbocycles. The molecule has 13 atom stereocenters. The number of nitrogens with zero attached hydrogens (tertiary/aromatic N) is 2. The molecule has 11 amide bonds. The Kier molecular flexibility index (Phi) is 35.0. The highest BCUT2D eigenvalue weighted by Gasteiger charge is 2.42. The summed E-state index contributed by atoms with van der Waals surface area (Å²) in [7, 11) is 0. The number of likely N-dealkylation sites (tertiary alicyclic amines) is 1. The number of carboxylic acid groups (broad SMARTS) is 4. The summed E-state index contributed by atoms with van der Waals surface area (Å²) in [5, 5.41) is 101. The van der Waals surface area contributed by atoms with Crippen LogP contribution < -0.4 is 70.4 Å². The van der Waals surface area contributed by atoms with Crippen LogP contribution in [0.25, 0.3) is 0 Å². The molecule has 1 aliphatic rings. The number of thioether (sulfide) groups is 1. The average molecular weight is 1420 g/mol. The molecule has 0 aliphatic carbocycles. The van der Waals surface area contributed by atoms with E-state index in [2.05, 4.69) is 36.9 Å². The van der Waals surface area contributed by atoms with Crippen LogP contribution in [0.1, 0.15) is 82.8 Å². The molecule has 0 aromatic heterocycles. The van der Waals surface area contributed by atoms with Crippen LogP contribution in [-0.4, -0.2) is 257 Å². The quantitative estimate of drug-likeness (QED) is 0.0167. The molecule has 38 nitrogen and oxygen atoms in total. The van der Waals surface area contributed by atoms with E-state index in [4.69, 9.17) is 22.3 Å². The van der Waals surface area contributed by atoms with Crippen molar-refractivity contribution >= 4 is 107 Å². The molecule has 24 N–H and O–H groups in total. The van der Waals surface area contributed by atoms with E-state index in [0.29, 0.717) is 5.56 Å². The predicted molar refractivity (Wildman–Crippen MR) is 347 cm³/mol. The molecule has 0 bridgehead atoms. The van der Waals surface area contributed by atoms with E-state index < -0.39 is 206 Å². The molecule has 1 heterocycles. The number of phenols is 1. The number of aromatic hydroxyl groups is 1. The number of amides is 11. The Morgan fingerprint density at radius 3 is 1.56 bits per heavy atom. The number of phenolic OH excluding ortho intramolecular Hbond substituents is 1. The number of carbonyl (C=O) groups excluding carboxylic acids is 11. The van der Waals surface area contributed by atoms with Gasteiger partial charge in [0.25, 0.3) is 0 Å². The first-order chi connectivity index (χ1) is 46.7. The van der Waals surface area contributed by atoms with Crippen molar-refractivity contribution in [2.75, 3.05) is 38.3 Å². The summed E-state index contributed by atoms with van der Waals surface area (Å²) in [6.45, 7) is -0.299. The molecule has 3 rings (SSSR count). The summed E-state index contributed by atoms with van der Waals surface area (Å²) in [5.74, 6) is -19.4. The minimum Gasteiger partial charge on any atom is -0.508 e. The first-order valence-corrected chi connectivity index (χ1v) is 32.3. The summed E-state index contributed by atoms with van der Waals surface area (Å²) < 4.78 is 0. The molecule has 1 aliphatic heterocycles. The Labute approximate surface area is 570 Å². The Balaban J connectivity index is 1.88. The zero-order valence-corrected chi connectivity index (χ0v) is 55.1. The van der Waals surface area contributed by atoms with Crippen LogP contribution in [0, 0.1) is 0 Å². The highest BCUT2D eigenvalue weighted by Crippen LogP contribution is 2.22. The number of hydrogen-bond donors (Lipinski definition) is 21. The van der Waals surface area contributed by atoms with Gasteiger partial charge >= 0.3 is 23.9 Å². The Hall–Kier alpha value is -10.2. The Morgan fingerprint density at radius 2 is 1.04 bits per heavy atom. The van der Waals surface area contributed by atoms with Crippen LogP contribution in [0.3, 0.4) is 0 Å². The average Bonchev–Trinajstić information content (AvgIpc) is 1.72. The maximum atomic E-state index is 14.9. The highest BCUT2D eigenvalue weighted by atomic mass is 32.2. The van der Waals surface area contributed by atoms with E-state index in [9.17, 15) is 108 Å². The van der Waals surface area contributed by atoms with Crippen molar-refractivity contribution in [2.45, 2.75) is 163 Å². The van der Waals surface area contributed by atoms with Crippen LogP contribution in [0.15, 0.2) is 59.6 Å². The second kappa shape index (κ2) is 41.8. The zero-order valence-electron chi connectivity index (χ0n) is 54.3. The van der Waals surface area contributed by atoms with E-state index >= 15 is 0 Å². The molecule has 0 spiro atoms. The van der Waals surface area contributed by atoms with Crippen LogP contribution in [0.5, 0.6) is 5.75 Å². The number of nitrogens with two attached hydrogens (primary N) is 3. The zero-order chi connectivity index (χ0) is 74.2. The van der Waals surface area contributed by atoms with Gasteiger partial charge < -0.3 is 116 Å². The first kappa shape index (κ1) is 83.0. The van der Waals surface area contributed by atoms with Gasteiger partial charge in [0.05, 0.1) is 38.2 Å². The molecule has 546 valence electrons. The molecule has 0 unspecified atom stereocenters. The van der Waals surface area contributed by atoms with Gasteiger partial charge in [0.1, 0.15) is 72.2 Å². The molecule has 39 heteroatoms. The molecular formula is C60H87N15O23S. The lowest BCUT2D eigenvalue weighted by Gasteiger charge is -2.31. The van der Waals surface area contributed by atoms with Crippen molar-refractivity contribution in [2.24, 2.45) is 22.2 Å². The second-order valence-electron chi connectivity index (χ2n) is 22.9. The number of benzene rings is 2. The van der Waals surface area contributed by atoms with Crippen molar-refractivity contribution in [1.29, 1.82) is 0 Å². The summed E-state index contributed by atoms with van der Waals surface area (Å²) >= 11 is 1.27. The van der Waals surface area contributed by atoms with Crippen molar-refractivity contribution in [3.05, 3.63) is 65.7 Å². The van der Waals surface area contributed by atoms with Crippen LogP contribution in [-0.2, 0) is 84.8 Å². The number of aliphatic carboxylic acids is 4. The highest BCUT2D eigenvalue weighted by molar-refractivity contribution is 7.98. The predicted octanol–water partition coefficient (Wildman–Crippen LogP) is -7.57. The number of nitrogens with one attached hydrogen (secondary N) is 10. The van der Waals surface area contributed by atoms with Crippen LogP contribution in [0.4, 0.5) is 0 Å². The fourth-order valence-electron chi connectivity index (χ4n) is 9.72. The lowest BCUT2D eigenvalue weighted by Crippen LogP contribution is -2.62. The van der Waals surface area contributed by atoms with Crippen molar-refractivity contribution in [3.8, 4) is 5.75 Å². The van der Waals surface area contributed by atoms with Crippen LogP contribution >= 0.6 is 11.8 Å². The lowest BCUT2D eigenvalue weighted by molar-refractivity contribution is -0.144. The van der Waals surface area contributed by atoms with E-state index in [0.717, 1.165) is 10.5 Å². The summed E-state index contributed by atoms with van der Waals surface area (Å²) in [6.07, 6.45) is -4.24. The number of carboxylic acids is 4. The Morgan fingerprint density at radius 1 is 0.556 bits per heavy atom. The van der Waals surface area contributed by atoms with Crippen molar-refractivity contribution in [3.63, 3.8) is 0 Å². The smallest absolute Gasteiger partial charge is 0.326 e. The molecule has 0 saturated carbocycles. The number of rotatable bonds is 43. The standard InChI is InChI=1S/C60H87N15O23S/c1-29(65-49(87)34(61)23-31-9-5-4-6-10-31)48(86)74-47(30(2)78)57(95)67-36(19-22-99-3)51(89)66-35(11-7-20-64-60(62)63)50(88)71-40(24-32-13-15-33(79)16-14-32)58(96)75-21-8-12-43(75)56(94)73-42(28-77)55(93)70-39(26-46(84)85)53(91)72-41(27-76)54(92)69-38(25-45(82)83)52(90)68-37(59(97)98)17-18-44(80)81/h4-6,9-10,13-16,29-30,34-43,47,76-79H,7-8,11-12,17-28,61H2,1-3H3,(H,65,87)(H,66,89)(H,67,95)(H,68,90)(H,69,92)(H,70,93)(H,71,88)(H,72,91)(H,73,94)(H,74,86)(H,80,81)(H,82,83)(H,84,85)(H,97,98)(H4,62,63,64)/t29-,30+,34-,35-,36-,37-,38-,39-,40-,41-,42-,43-,47-/m0/s1. The van der Waals surface area contributed by atoms with E-state index in [-0.39, 0.29) is 75.5 Å². The van der Waals surface area contributed by atoms with Gasteiger partial charge in [0.2, 0.25) is 65.0 Å². The maximum Gasteiger partial charge on any atom is 0.326 e. The van der Waals surface area contributed by atoms with Crippen LogP contribution in [0.2, 0.25) is 0 Å². The largest absolute Gasteiger partial charge is 0.508 e. The van der Waals surface area contributed by atoms with Gasteiger partial charge in [0.15, 0.2) is 5.96 Å². The molecule has 99 heavy (non-hydrogen) atoms. The topological polar surface area (TPSA) is 632 Å². The van der Waals surface area contributed by atoms with Gasteiger partial charge in [-0.3, -0.25) is 72.1 Å². The van der Waals surface area contributed by atoms with Gasteiger partial charge in [-0.25, -0.2) is 4.79 Å². The molecule has 1 saturated heterocycles. The summed E-state index contributed by atoms with van der Waals surface area (Å²) in [4.78, 5) is 203. The summed E-state index contributed by atoms with van der Waals surface area (Å²) in [5.41, 5.74) is 18.3. The summed E-state index contributed by atoms with van der Waals surface area (Å²) in [6, 6.07) is -6.22. The van der Waals surface area contributed by atoms with Gasteiger partial charge in [-0.05, 0) is 94.1 Å². The normalized spacial score (nSPS) is 16.2. The number of guanidine groups is 1. The fraction of sp³-hybridized carbons (Fsp3) is 0.533. The maximum absolute atomic E-state index is 14.9. The Bertz CT molecular complexity index is 3200. The minimum absolute atomic E-state index is 0.0184. The fourth-order valence-corrected chi connectivity index (χ4v) is 10.2. The van der Waals surface area contributed by atoms with E-state index in [1.54, 1.807) is 36.6 Å². The van der Waals surface area contributed by atoms with Gasteiger partial charge in [-0.15, -0.1) is 0 Å².